The highest BCUT2D eigenvalue weighted by molar-refractivity contribution is 5.92. The third-order valence-electron chi connectivity index (χ3n) is 3.71. The van der Waals surface area contributed by atoms with Crippen LogP contribution in [0.25, 0.3) is 11.3 Å². The van der Waals surface area contributed by atoms with Gasteiger partial charge in [-0.25, -0.2) is 9.37 Å². The summed E-state index contributed by atoms with van der Waals surface area (Å²) in [7, 11) is 1.51. The Kier molecular flexibility index (Phi) is 5.07. The van der Waals surface area contributed by atoms with Crippen molar-refractivity contribution in [2.75, 3.05) is 12.4 Å². The molecule has 1 aromatic heterocycles. The number of nitrogens with zero attached hydrogens (tertiary/aromatic N) is 2. The highest BCUT2D eigenvalue weighted by atomic mass is 19.1. The van der Waals surface area contributed by atoms with E-state index in [0.29, 0.717) is 22.7 Å². The third-order valence-corrected chi connectivity index (χ3v) is 3.71. The molecule has 0 saturated carbocycles. The molecule has 0 spiro atoms. The maximum absolute atomic E-state index is 13.0. The van der Waals surface area contributed by atoms with Crippen LogP contribution >= 0.6 is 0 Å². The molecule has 0 fully saturated rings. The lowest BCUT2D eigenvalue weighted by molar-refractivity contribution is -0.116. The summed E-state index contributed by atoms with van der Waals surface area (Å²) < 4.78 is 19.3. The number of ether oxygens (including phenoxy) is 1. The first-order chi connectivity index (χ1) is 12.6. The molecule has 7 heteroatoms. The topological polar surface area (TPSA) is 73.2 Å². The number of para-hydroxylation sites is 2. The highest BCUT2D eigenvalue weighted by Gasteiger charge is 2.10. The third kappa shape index (κ3) is 3.94. The second-order valence-electron chi connectivity index (χ2n) is 5.50. The Morgan fingerprint density at radius 3 is 2.62 bits per heavy atom. The standard InChI is InChI=1S/C19H16FN3O3/c1-26-17-5-3-2-4-15(17)22-18(24)11-23-12-21-16(10-19(23)25)13-6-8-14(20)9-7-13/h2-10,12H,11H2,1H3,(H,22,24). The summed E-state index contributed by atoms with van der Waals surface area (Å²) in [6.45, 7) is -0.187. The number of rotatable bonds is 5. The van der Waals surface area contributed by atoms with E-state index in [1.807, 2.05) is 0 Å². The molecule has 3 aromatic rings. The van der Waals surface area contributed by atoms with E-state index in [9.17, 15) is 14.0 Å². The summed E-state index contributed by atoms with van der Waals surface area (Å²) in [6.07, 6.45) is 1.29. The summed E-state index contributed by atoms with van der Waals surface area (Å²) >= 11 is 0. The molecule has 6 nitrogen and oxygen atoms in total. The fourth-order valence-corrected chi connectivity index (χ4v) is 2.42. The van der Waals surface area contributed by atoms with Gasteiger partial charge in [0.1, 0.15) is 18.1 Å². The van der Waals surface area contributed by atoms with Gasteiger partial charge >= 0.3 is 0 Å². The molecule has 0 unspecified atom stereocenters. The van der Waals surface area contributed by atoms with E-state index in [1.165, 1.54) is 48.3 Å². The first-order valence-electron chi connectivity index (χ1n) is 7.82. The van der Waals surface area contributed by atoms with Crippen LogP contribution in [-0.2, 0) is 11.3 Å². The number of benzene rings is 2. The predicted octanol–water partition coefficient (Wildman–Crippen LogP) is 2.70. The van der Waals surface area contributed by atoms with Crippen LogP contribution < -0.4 is 15.6 Å². The minimum Gasteiger partial charge on any atom is -0.495 e. The van der Waals surface area contributed by atoms with Gasteiger partial charge in [0.15, 0.2) is 0 Å². The van der Waals surface area contributed by atoms with Crippen molar-refractivity contribution >= 4 is 11.6 Å². The van der Waals surface area contributed by atoms with Crippen molar-refractivity contribution in [3.63, 3.8) is 0 Å². The zero-order valence-electron chi connectivity index (χ0n) is 14.0. The number of halogens is 1. The van der Waals surface area contributed by atoms with Crippen molar-refractivity contribution in [2.24, 2.45) is 0 Å². The molecule has 2 aromatic carbocycles. The van der Waals surface area contributed by atoms with Gasteiger partial charge in [-0.05, 0) is 36.4 Å². The van der Waals surface area contributed by atoms with E-state index in [4.69, 9.17) is 4.74 Å². The molecule has 0 atom stereocenters. The predicted molar refractivity (Wildman–Crippen MR) is 95.5 cm³/mol. The van der Waals surface area contributed by atoms with Gasteiger partial charge in [-0.1, -0.05) is 12.1 Å². The Balaban J connectivity index is 1.75. The van der Waals surface area contributed by atoms with Crippen molar-refractivity contribution in [2.45, 2.75) is 6.54 Å². The quantitative estimate of drug-likeness (QED) is 0.765. The summed E-state index contributed by atoms with van der Waals surface area (Å²) in [5.41, 5.74) is 1.17. The Hall–Kier alpha value is -3.48. The van der Waals surface area contributed by atoms with Crippen molar-refractivity contribution < 1.29 is 13.9 Å². The molecule has 0 saturated heterocycles. The summed E-state index contributed by atoms with van der Waals surface area (Å²) in [5, 5.41) is 2.70. The van der Waals surface area contributed by atoms with E-state index in [0.717, 1.165) is 0 Å². The monoisotopic (exact) mass is 353 g/mol. The molecule has 0 bridgehead atoms. The van der Waals surface area contributed by atoms with Gasteiger partial charge in [0.25, 0.3) is 5.56 Å². The maximum Gasteiger partial charge on any atom is 0.254 e. The molecule has 3 rings (SSSR count). The number of amides is 1. The minimum atomic E-state index is -0.382. The lowest BCUT2D eigenvalue weighted by Crippen LogP contribution is -2.27. The minimum absolute atomic E-state index is 0.187. The normalized spacial score (nSPS) is 10.4. The van der Waals surface area contributed by atoms with Crippen LogP contribution in [0.1, 0.15) is 0 Å². The largest absolute Gasteiger partial charge is 0.495 e. The molecular formula is C19H16FN3O3. The number of methoxy groups -OCH3 is 1. The van der Waals surface area contributed by atoms with Gasteiger partial charge in [-0.2, -0.15) is 0 Å². The van der Waals surface area contributed by atoms with Gasteiger partial charge in [0.2, 0.25) is 5.91 Å². The van der Waals surface area contributed by atoms with E-state index < -0.39 is 0 Å². The Morgan fingerprint density at radius 1 is 1.19 bits per heavy atom. The van der Waals surface area contributed by atoms with Crippen LogP contribution in [0.2, 0.25) is 0 Å². The first-order valence-corrected chi connectivity index (χ1v) is 7.82. The molecule has 1 N–H and O–H groups in total. The van der Waals surface area contributed by atoms with E-state index in [2.05, 4.69) is 10.3 Å². The number of hydrogen-bond acceptors (Lipinski definition) is 4. The smallest absolute Gasteiger partial charge is 0.254 e. The zero-order chi connectivity index (χ0) is 18.5. The van der Waals surface area contributed by atoms with Crippen LogP contribution in [0.4, 0.5) is 10.1 Å². The zero-order valence-corrected chi connectivity index (χ0v) is 14.0. The van der Waals surface area contributed by atoms with Crippen LogP contribution in [0, 0.1) is 5.82 Å². The maximum atomic E-state index is 13.0. The van der Waals surface area contributed by atoms with Crippen molar-refractivity contribution in [1.82, 2.24) is 9.55 Å². The molecule has 1 heterocycles. The second kappa shape index (κ2) is 7.60. The number of aromatic nitrogens is 2. The van der Waals surface area contributed by atoms with Crippen LogP contribution in [0.5, 0.6) is 5.75 Å². The first kappa shape index (κ1) is 17.3. The molecule has 0 aliphatic heterocycles. The Labute approximate surface area is 148 Å². The summed E-state index contributed by atoms with van der Waals surface area (Å²) in [6, 6.07) is 14.0. The number of carbonyl (C=O) groups is 1. The van der Waals surface area contributed by atoms with Gasteiger partial charge in [-0.3, -0.25) is 14.2 Å². The van der Waals surface area contributed by atoms with E-state index in [1.54, 1.807) is 24.3 Å². The van der Waals surface area contributed by atoms with Gasteiger partial charge in [0.05, 0.1) is 24.8 Å². The van der Waals surface area contributed by atoms with Crippen LogP contribution in [-0.4, -0.2) is 22.6 Å². The Morgan fingerprint density at radius 2 is 1.92 bits per heavy atom. The number of nitrogens with one attached hydrogen (secondary N) is 1. The fourth-order valence-electron chi connectivity index (χ4n) is 2.42. The average molecular weight is 353 g/mol. The molecule has 0 aliphatic carbocycles. The van der Waals surface area contributed by atoms with E-state index in [-0.39, 0.29) is 23.8 Å². The van der Waals surface area contributed by atoms with Crippen molar-refractivity contribution in [3.05, 3.63) is 77.1 Å². The second-order valence-corrected chi connectivity index (χ2v) is 5.50. The summed E-state index contributed by atoms with van der Waals surface area (Å²) in [4.78, 5) is 28.6. The molecule has 0 radical (unpaired) electrons. The highest BCUT2D eigenvalue weighted by Crippen LogP contribution is 2.22. The van der Waals surface area contributed by atoms with Crippen LogP contribution in [0.15, 0.2) is 65.7 Å². The van der Waals surface area contributed by atoms with Gasteiger partial charge in [0, 0.05) is 11.6 Å². The molecule has 1 amide bonds. The SMILES string of the molecule is COc1ccccc1NC(=O)Cn1cnc(-c2ccc(F)cc2)cc1=O. The van der Waals surface area contributed by atoms with Gasteiger partial charge < -0.3 is 10.1 Å². The molecular weight excluding hydrogens is 337 g/mol. The van der Waals surface area contributed by atoms with Crippen molar-refractivity contribution in [1.29, 1.82) is 0 Å². The molecule has 26 heavy (non-hydrogen) atoms. The molecule has 132 valence electrons. The lowest BCUT2D eigenvalue weighted by atomic mass is 10.1. The van der Waals surface area contributed by atoms with Crippen LogP contribution in [0.3, 0.4) is 0 Å². The number of hydrogen-bond donors (Lipinski definition) is 1. The van der Waals surface area contributed by atoms with Crippen molar-refractivity contribution in [3.8, 4) is 17.0 Å². The average Bonchev–Trinajstić information content (AvgIpc) is 2.64. The lowest BCUT2D eigenvalue weighted by Gasteiger charge is -2.11. The Bertz CT molecular complexity index is 984. The molecule has 0 aliphatic rings. The fraction of sp³-hybridized carbons (Fsp3) is 0.105. The summed E-state index contributed by atoms with van der Waals surface area (Å²) in [5.74, 6) is -0.221. The van der Waals surface area contributed by atoms with E-state index >= 15 is 0 Å². The number of anilines is 1. The number of carbonyl (C=O) groups excluding carboxylic acids is 1. The van der Waals surface area contributed by atoms with Gasteiger partial charge in [-0.15, -0.1) is 0 Å².